The number of aromatic nitrogens is 2. The third-order valence-electron chi connectivity index (χ3n) is 2.12. The van der Waals surface area contributed by atoms with Crippen molar-refractivity contribution in [1.82, 2.24) is 9.78 Å². The average molecular weight is 377 g/mol. The molecule has 0 N–H and O–H groups in total. The van der Waals surface area contributed by atoms with E-state index in [1.807, 2.05) is 16.8 Å². The van der Waals surface area contributed by atoms with Gasteiger partial charge in [0, 0.05) is 16.2 Å². The first-order valence-electron chi connectivity index (χ1n) is 4.59. The molecule has 1 heterocycles. The van der Waals surface area contributed by atoms with Gasteiger partial charge in [0.1, 0.15) is 3.70 Å². The fourth-order valence-corrected chi connectivity index (χ4v) is 2.26. The van der Waals surface area contributed by atoms with E-state index < -0.39 is 0 Å². The molecule has 0 aliphatic carbocycles. The van der Waals surface area contributed by atoms with Gasteiger partial charge in [-0.25, -0.2) is 0 Å². The van der Waals surface area contributed by atoms with Crippen molar-refractivity contribution >= 4 is 38.5 Å². The Morgan fingerprint density at radius 3 is 2.87 bits per heavy atom. The molecule has 0 unspecified atom stereocenters. The fraction of sp³-hybridized carbons (Fsp3) is 0.182. The maximum absolute atomic E-state index is 4.42. The molecule has 0 radical (unpaired) electrons. The lowest BCUT2D eigenvalue weighted by atomic mass is 10.2. The number of hydrogen-bond donors (Lipinski definition) is 0. The van der Waals surface area contributed by atoms with Gasteiger partial charge in [-0.1, -0.05) is 28.1 Å². The van der Waals surface area contributed by atoms with Crippen molar-refractivity contribution in [3.8, 4) is 0 Å². The van der Waals surface area contributed by atoms with Crippen LogP contribution in [0.15, 0.2) is 34.9 Å². The van der Waals surface area contributed by atoms with Gasteiger partial charge in [-0.3, -0.25) is 4.68 Å². The second kappa shape index (κ2) is 4.65. The molecule has 2 aromatic rings. The average Bonchev–Trinajstić information content (AvgIpc) is 2.45. The summed E-state index contributed by atoms with van der Waals surface area (Å²) in [6, 6.07) is 8.29. The van der Waals surface area contributed by atoms with Crippen molar-refractivity contribution in [2.45, 2.75) is 13.5 Å². The van der Waals surface area contributed by atoms with Crippen molar-refractivity contribution in [3.63, 3.8) is 0 Å². The van der Waals surface area contributed by atoms with E-state index in [4.69, 9.17) is 0 Å². The van der Waals surface area contributed by atoms with Crippen LogP contribution in [-0.4, -0.2) is 9.78 Å². The van der Waals surface area contributed by atoms with Crippen LogP contribution in [0.5, 0.6) is 0 Å². The first-order chi connectivity index (χ1) is 7.15. The summed E-state index contributed by atoms with van der Waals surface area (Å²) in [5, 5.41) is 4.42. The first kappa shape index (κ1) is 11.1. The van der Waals surface area contributed by atoms with Gasteiger partial charge in [-0.15, -0.1) is 0 Å². The Balaban J connectivity index is 2.22. The van der Waals surface area contributed by atoms with E-state index in [1.54, 1.807) is 0 Å². The number of aryl methyl sites for hydroxylation is 1. The molecule has 0 saturated carbocycles. The lowest BCUT2D eigenvalue weighted by molar-refractivity contribution is 0.681. The Kier molecular flexibility index (Phi) is 3.45. The van der Waals surface area contributed by atoms with E-state index in [-0.39, 0.29) is 0 Å². The van der Waals surface area contributed by atoms with Crippen LogP contribution < -0.4 is 0 Å². The normalized spacial score (nSPS) is 10.6. The van der Waals surface area contributed by atoms with E-state index >= 15 is 0 Å². The number of nitrogens with zero attached hydrogens (tertiary/aromatic N) is 2. The van der Waals surface area contributed by atoms with E-state index in [9.17, 15) is 0 Å². The van der Waals surface area contributed by atoms with Crippen molar-refractivity contribution in [2.75, 3.05) is 0 Å². The Labute approximate surface area is 111 Å². The van der Waals surface area contributed by atoms with Crippen LogP contribution in [0.1, 0.15) is 11.1 Å². The van der Waals surface area contributed by atoms with Gasteiger partial charge in [-0.2, -0.15) is 5.10 Å². The van der Waals surface area contributed by atoms with E-state index in [0.29, 0.717) is 0 Å². The van der Waals surface area contributed by atoms with Crippen LogP contribution in [0.3, 0.4) is 0 Å². The van der Waals surface area contributed by atoms with E-state index in [2.05, 4.69) is 68.9 Å². The first-order valence-corrected chi connectivity index (χ1v) is 6.46. The second-order valence-electron chi connectivity index (χ2n) is 3.43. The quantitative estimate of drug-likeness (QED) is 0.732. The molecule has 4 heteroatoms. The molecule has 78 valence electrons. The largest absolute Gasteiger partial charge is 0.267 e. The summed E-state index contributed by atoms with van der Waals surface area (Å²) in [7, 11) is 0. The zero-order chi connectivity index (χ0) is 10.8. The van der Waals surface area contributed by atoms with Crippen LogP contribution in [0.4, 0.5) is 0 Å². The molecule has 2 nitrogen and oxygen atoms in total. The number of rotatable bonds is 2. The van der Waals surface area contributed by atoms with Crippen LogP contribution in [-0.2, 0) is 6.54 Å². The summed E-state index contributed by atoms with van der Waals surface area (Å²) in [6.45, 7) is 2.90. The SMILES string of the molecule is Cc1cn(Cc2cccc(Br)c2)nc1I. The van der Waals surface area contributed by atoms with Crippen LogP contribution in [0.2, 0.25) is 0 Å². The minimum Gasteiger partial charge on any atom is -0.267 e. The van der Waals surface area contributed by atoms with Gasteiger partial charge < -0.3 is 0 Å². The Morgan fingerprint density at radius 2 is 2.27 bits per heavy atom. The van der Waals surface area contributed by atoms with Crippen LogP contribution in [0.25, 0.3) is 0 Å². The third kappa shape index (κ3) is 2.81. The second-order valence-corrected chi connectivity index (χ2v) is 5.37. The summed E-state index contributed by atoms with van der Waals surface area (Å²) >= 11 is 5.72. The van der Waals surface area contributed by atoms with Crippen LogP contribution >= 0.6 is 38.5 Å². The van der Waals surface area contributed by atoms with Gasteiger partial charge in [-0.05, 0) is 47.2 Å². The molecule has 0 amide bonds. The minimum atomic E-state index is 0.823. The summed E-state index contributed by atoms with van der Waals surface area (Å²) in [6.07, 6.45) is 2.07. The Hall–Kier alpha value is -0.360. The molecular weight excluding hydrogens is 367 g/mol. The van der Waals surface area contributed by atoms with Gasteiger partial charge in [0.2, 0.25) is 0 Å². The van der Waals surface area contributed by atoms with Gasteiger partial charge in [0.15, 0.2) is 0 Å². The van der Waals surface area contributed by atoms with Gasteiger partial charge in [0.05, 0.1) is 6.54 Å². The maximum atomic E-state index is 4.42. The molecule has 0 saturated heterocycles. The molecule has 2 rings (SSSR count). The number of benzene rings is 1. The predicted molar refractivity (Wildman–Crippen MR) is 72.9 cm³/mol. The Morgan fingerprint density at radius 1 is 1.47 bits per heavy atom. The molecule has 0 aliphatic rings. The highest BCUT2D eigenvalue weighted by atomic mass is 127. The van der Waals surface area contributed by atoms with Crippen molar-refractivity contribution < 1.29 is 0 Å². The minimum absolute atomic E-state index is 0.823. The summed E-state index contributed by atoms with van der Waals surface area (Å²) in [4.78, 5) is 0. The van der Waals surface area contributed by atoms with Crippen molar-refractivity contribution in [2.24, 2.45) is 0 Å². The maximum Gasteiger partial charge on any atom is 0.126 e. The molecular formula is C11H10BrIN2. The van der Waals surface area contributed by atoms with Crippen LogP contribution in [0, 0.1) is 10.6 Å². The molecule has 15 heavy (non-hydrogen) atoms. The smallest absolute Gasteiger partial charge is 0.126 e. The van der Waals surface area contributed by atoms with Crippen molar-refractivity contribution in [1.29, 1.82) is 0 Å². The molecule has 0 bridgehead atoms. The van der Waals surface area contributed by atoms with Crippen molar-refractivity contribution in [3.05, 3.63) is 49.8 Å². The molecule has 0 atom stereocenters. The lowest BCUT2D eigenvalue weighted by Crippen LogP contribution is -2.00. The summed E-state index contributed by atoms with van der Waals surface area (Å²) in [5.74, 6) is 0. The highest BCUT2D eigenvalue weighted by Gasteiger charge is 2.02. The summed E-state index contributed by atoms with van der Waals surface area (Å²) < 4.78 is 4.15. The topological polar surface area (TPSA) is 17.8 Å². The molecule has 0 aliphatic heterocycles. The number of hydrogen-bond acceptors (Lipinski definition) is 1. The molecule has 1 aromatic heterocycles. The highest BCUT2D eigenvalue weighted by molar-refractivity contribution is 14.1. The molecule has 0 fully saturated rings. The Bertz CT molecular complexity index is 460. The van der Waals surface area contributed by atoms with Gasteiger partial charge in [0.25, 0.3) is 0 Å². The summed E-state index contributed by atoms with van der Waals surface area (Å²) in [5.41, 5.74) is 2.48. The molecule has 1 aromatic carbocycles. The zero-order valence-corrected chi connectivity index (χ0v) is 12.0. The third-order valence-corrected chi connectivity index (χ3v) is 3.68. The predicted octanol–water partition coefficient (Wildman–Crippen LogP) is 3.61. The number of halogens is 2. The molecule has 0 spiro atoms. The monoisotopic (exact) mass is 376 g/mol. The standard InChI is InChI=1S/C11H10BrIN2/c1-8-6-15(14-11(8)13)7-9-3-2-4-10(12)5-9/h2-6H,7H2,1H3. The van der Waals surface area contributed by atoms with E-state index in [0.717, 1.165) is 14.7 Å². The fourth-order valence-electron chi connectivity index (χ4n) is 1.40. The van der Waals surface area contributed by atoms with Gasteiger partial charge >= 0.3 is 0 Å². The highest BCUT2D eigenvalue weighted by Crippen LogP contribution is 2.14. The lowest BCUT2D eigenvalue weighted by Gasteiger charge is -2.01. The zero-order valence-electron chi connectivity index (χ0n) is 8.24. The van der Waals surface area contributed by atoms with E-state index in [1.165, 1.54) is 11.1 Å².